The molecule has 96 valence electrons. The Balaban J connectivity index is 1.83. The summed E-state index contributed by atoms with van der Waals surface area (Å²) in [6, 6.07) is 10.5. The molecule has 0 aliphatic rings. The standard InChI is InChI=1S/C14H18N2OS/c1-11(9-13-6-4-8-18-13)15-10-12-5-3-7-14(16-12)17-2/h3-8,11,15H,9-10H2,1-2H3. The molecule has 0 radical (unpaired) electrons. The van der Waals surface area contributed by atoms with Crippen molar-refractivity contribution in [3.63, 3.8) is 0 Å². The summed E-state index contributed by atoms with van der Waals surface area (Å²) >= 11 is 1.80. The van der Waals surface area contributed by atoms with Crippen LogP contribution in [0.25, 0.3) is 0 Å². The van der Waals surface area contributed by atoms with Gasteiger partial charge in [0.1, 0.15) is 0 Å². The van der Waals surface area contributed by atoms with Crippen LogP contribution >= 0.6 is 11.3 Å². The molecule has 4 heteroatoms. The number of hydrogen-bond acceptors (Lipinski definition) is 4. The van der Waals surface area contributed by atoms with E-state index in [4.69, 9.17) is 4.74 Å². The fourth-order valence-electron chi connectivity index (χ4n) is 1.75. The van der Waals surface area contributed by atoms with E-state index in [-0.39, 0.29) is 0 Å². The normalized spacial score (nSPS) is 12.3. The third-order valence-corrected chi connectivity index (χ3v) is 3.61. The average molecular weight is 262 g/mol. The van der Waals surface area contributed by atoms with Crippen LogP contribution in [0.4, 0.5) is 0 Å². The highest BCUT2D eigenvalue weighted by Crippen LogP contribution is 2.11. The second-order valence-electron chi connectivity index (χ2n) is 4.24. The number of thiophene rings is 1. The molecule has 18 heavy (non-hydrogen) atoms. The minimum Gasteiger partial charge on any atom is -0.481 e. The first-order valence-electron chi connectivity index (χ1n) is 6.03. The van der Waals surface area contributed by atoms with E-state index in [1.54, 1.807) is 18.4 Å². The smallest absolute Gasteiger partial charge is 0.213 e. The molecule has 1 atom stereocenters. The van der Waals surface area contributed by atoms with E-state index in [9.17, 15) is 0 Å². The third-order valence-electron chi connectivity index (χ3n) is 2.71. The van der Waals surface area contributed by atoms with Gasteiger partial charge >= 0.3 is 0 Å². The Labute approximate surface area is 112 Å². The Bertz CT molecular complexity index is 470. The van der Waals surface area contributed by atoms with Gasteiger partial charge in [0.05, 0.1) is 12.8 Å². The highest BCUT2D eigenvalue weighted by atomic mass is 32.1. The van der Waals surface area contributed by atoms with Gasteiger partial charge in [-0.15, -0.1) is 11.3 Å². The molecular formula is C14H18N2OS. The van der Waals surface area contributed by atoms with Crippen LogP contribution in [0.2, 0.25) is 0 Å². The second kappa shape index (κ2) is 6.52. The van der Waals surface area contributed by atoms with Crippen molar-refractivity contribution in [1.29, 1.82) is 0 Å². The second-order valence-corrected chi connectivity index (χ2v) is 5.27. The van der Waals surface area contributed by atoms with Gasteiger partial charge in [0, 0.05) is 23.5 Å². The predicted molar refractivity (Wildman–Crippen MR) is 75.1 cm³/mol. The Kier molecular flexibility index (Phi) is 4.73. The van der Waals surface area contributed by atoms with Crippen molar-refractivity contribution in [2.24, 2.45) is 0 Å². The van der Waals surface area contributed by atoms with Crippen molar-refractivity contribution in [2.75, 3.05) is 7.11 Å². The molecule has 3 nitrogen and oxygen atoms in total. The maximum absolute atomic E-state index is 5.11. The van der Waals surface area contributed by atoms with E-state index < -0.39 is 0 Å². The van der Waals surface area contributed by atoms with Gasteiger partial charge < -0.3 is 10.1 Å². The first kappa shape index (κ1) is 13.1. The van der Waals surface area contributed by atoms with Crippen LogP contribution in [-0.2, 0) is 13.0 Å². The van der Waals surface area contributed by atoms with E-state index in [0.29, 0.717) is 11.9 Å². The number of methoxy groups -OCH3 is 1. The summed E-state index contributed by atoms with van der Waals surface area (Å²) in [7, 11) is 1.64. The number of ether oxygens (including phenoxy) is 1. The van der Waals surface area contributed by atoms with E-state index in [1.807, 2.05) is 18.2 Å². The van der Waals surface area contributed by atoms with Gasteiger partial charge in [-0.1, -0.05) is 12.1 Å². The molecule has 0 bridgehead atoms. The van der Waals surface area contributed by atoms with Crippen LogP contribution in [-0.4, -0.2) is 18.1 Å². The molecule has 0 spiro atoms. The Hall–Kier alpha value is -1.39. The topological polar surface area (TPSA) is 34.1 Å². The number of rotatable bonds is 6. The molecule has 2 rings (SSSR count). The van der Waals surface area contributed by atoms with Gasteiger partial charge in [0.25, 0.3) is 0 Å². The molecule has 0 saturated carbocycles. The summed E-state index contributed by atoms with van der Waals surface area (Å²) in [6.45, 7) is 2.96. The molecule has 1 N–H and O–H groups in total. The van der Waals surface area contributed by atoms with E-state index in [0.717, 1.165) is 18.7 Å². The van der Waals surface area contributed by atoms with Crippen molar-refractivity contribution < 1.29 is 4.74 Å². The van der Waals surface area contributed by atoms with Crippen molar-refractivity contribution in [2.45, 2.75) is 25.9 Å². The Morgan fingerprint density at radius 2 is 2.22 bits per heavy atom. The molecule has 0 aliphatic carbocycles. The van der Waals surface area contributed by atoms with Gasteiger partial charge in [0.15, 0.2) is 0 Å². The molecule has 0 saturated heterocycles. The molecule has 2 heterocycles. The van der Waals surface area contributed by atoms with Gasteiger partial charge in [-0.05, 0) is 30.9 Å². The number of aromatic nitrogens is 1. The van der Waals surface area contributed by atoms with Crippen LogP contribution < -0.4 is 10.1 Å². The van der Waals surface area contributed by atoms with Gasteiger partial charge in [-0.25, -0.2) is 4.98 Å². The molecule has 2 aromatic heterocycles. The van der Waals surface area contributed by atoms with Gasteiger partial charge in [-0.3, -0.25) is 0 Å². The summed E-state index contributed by atoms with van der Waals surface area (Å²) in [5.74, 6) is 0.667. The molecule has 1 unspecified atom stereocenters. The average Bonchev–Trinajstić information content (AvgIpc) is 2.89. The molecule has 0 aromatic carbocycles. The van der Waals surface area contributed by atoms with Crippen molar-refractivity contribution in [3.05, 3.63) is 46.3 Å². The molecule has 0 aliphatic heterocycles. The Morgan fingerprint density at radius 3 is 2.94 bits per heavy atom. The first-order chi connectivity index (χ1) is 8.78. The van der Waals surface area contributed by atoms with Crippen molar-refractivity contribution >= 4 is 11.3 Å². The minimum absolute atomic E-state index is 0.441. The monoisotopic (exact) mass is 262 g/mol. The Morgan fingerprint density at radius 1 is 1.33 bits per heavy atom. The lowest BCUT2D eigenvalue weighted by molar-refractivity contribution is 0.395. The number of nitrogens with zero attached hydrogens (tertiary/aromatic N) is 1. The number of nitrogens with one attached hydrogen (secondary N) is 1. The molecule has 0 amide bonds. The van der Waals surface area contributed by atoms with Crippen LogP contribution in [0, 0.1) is 0 Å². The zero-order valence-corrected chi connectivity index (χ0v) is 11.5. The predicted octanol–water partition coefficient (Wildman–Crippen LogP) is 2.87. The third kappa shape index (κ3) is 3.82. The fraction of sp³-hybridized carbons (Fsp3) is 0.357. The first-order valence-corrected chi connectivity index (χ1v) is 6.91. The summed E-state index contributed by atoms with van der Waals surface area (Å²) in [5, 5.41) is 5.59. The van der Waals surface area contributed by atoms with Crippen LogP contribution in [0.1, 0.15) is 17.5 Å². The van der Waals surface area contributed by atoms with Crippen LogP contribution in [0.5, 0.6) is 5.88 Å². The summed E-state index contributed by atoms with van der Waals surface area (Å²) in [5.41, 5.74) is 1.01. The summed E-state index contributed by atoms with van der Waals surface area (Å²) in [6.07, 6.45) is 1.06. The van der Waals surface area contributed by atoms with Crippen LogP contribution in [0.3, 0.4) is 0 Å². The maximum Gasteiger partial charge on any atom is 0.213 e. The summed E-state index contributed by atoms with van der Waals surface area (Å²) < 4.78 is 5.11. The molecule has 2 aromatic rings. The largest absolute Gasteiger partial charge is 0.481 e. The quantitative estimate of drug-likeness (QED) is 0.869. The number of hydrogen-bond donors (Lipinski definition) is 1. The lowest BCUT2D eigenvalue weighted by Crippen LogP contribution is -2.27. The van der Waals surface area contributed by atoms with Crippen molar-refractivity contribution in [3.8, 4) is 5.88 Å². The highest BCUT2D eigenvalue weighted by molar-refractivity contribution is 7.09. The SMILES string of the molecule is COc1cccc(CNC(C)Cc2cccs2)n1. The lowest BCUT2D eigenvalue weighted by Gasteiger charge is -2.12. The van der Waals surface area contributed by atoms with E-state index in [2.05, 4.69) is 34.7 Å². The molecular weight excluding hydrogens is 244 g/mol. The minimum atomic E-state index is 0.441. The maximum atomic E-state index is 5.11. The van der Waals surface area contributed by atoms with Crippen molar-refractivity contribution in [1.82, 2.24) is 10.3 Å². The molecule has 0 fully saturated rings. The lowest BCUT2D eigenvalue weighted by atomic mass is 10.2. The highest BCUT2D eigenvalue weighted by Gasteiger charge is 2.05. The van der Waals surface area contributed by atoms with Gasteiger partial charge in [0.2, 0.25) is 5.88 Å². The van der Waals surface area contributed by atoms with E-state index >= 15 is 0 Å². The zero-order valence-electron chi connectivity index (χ0n) is 10.7. The van der Waals surface area contributed by atoms with Crippen LogP contribution in [0.15, 0.2) is 35.7 Å². The van der Waals surface area contributed by atoms with E-state index in [1.165, 1.54) is 4.88 Å². The number of pyridine rings is 1. The summed E-state index contributed by atoms with van der Waals surface area (Å²) in [4.78, 5) is 5.79. The fourth-order valence-corrected chi connectivity index (χ4v) is 2.59. The van der Waals surface area contributed by atoms with Gasteiger partial charge in [-0.2, -0.15) is 0 Å². The zero-order chi connectivity index (χ0) is 12.8.